The van der Waals surface area contributed by atoms with Gasteiger partial charge in [0.2, 0.25) is 23.6 Å². The van der Waals surface area contributed by atoms with Crippen molar-refractivity contribution in [3.8, 4) is 0 Å². The van der Waals surface area contributed by atoms with Gasteiger partial charge in [-0.15, -0.1) is 0 Å². The maximum Gasteiger partial charge on any atom is 0.326 e. The van der Waals surface area contributed by atoms with Crippen molar-refractivity contribution < 1.29 is 29.1 Å². The number of hydrogen-bond donors (Lipinski definition) is 6. The molecule has 8 N–H and O–H groups in total. The summed E-state index contributed by atoms with van der Waals surface area (Å²) >= 11 is 1.46. The quantitative estimate of drug-likeness (QED) is 0.181. The van der Waals surface area contributed by atoms with Crippen molar-refractivity contribution in [3.63, 3.8) is 0 Å². The highest BCUT2D eigenvalue weighted by molar-refractivity contribution is 7.98. The minimum Gasteiger partial charge on any atom is -0.480 e. The van der Waals surface area contributed by atoms with Gasteiger partial charge >= 0.3 is 5.97 Å². The zero-order valence-corrected chi connectivity index (χ0v) is 20.1. The molecule has 0 aromatic heterocycles. The molecule has 11 nitrogen and oxygen atoms in total. The zero-order chi connectivity index (χ0) is 25.7. The number of carboxylic acids is 1. The van der Waals surface area contributed by atoms with Crippen LogP contribution in [-0.2, 0) is 30.4 Å². The molecular weight excluding hydrogens is 462 g/mol. The second-order valence-corrected chi connectivity index (χ2v) is 8.76. The molecule has 1 aromatic carbocycles. The molecule has 0 heterocycles. The third-order valence-electron chi connectivity index (χ3n) is 4.93. The van der Waals surface area contributed by atoms with E-state index in [4.69, 9.17) is 11.5 Å². The Morgan fingerprint density at radius 2 is 1.56 bits per heavy atom. The van der Waals surface area contributed by atoms with Crippen LogP contribution in [0.3, 0.4) is 0 Å². The SMILES string of the molecule is CSCCC(NC(=O)C(C)NC(=O)C(N)CCC(N)=O)C(=O)NC(Cc1ccccc1)C(=O)O. The largest absolute Gasteiger partial charge is 0.480 e. The fourth-order valence-electron chi connectivity index (χ4n) is 2.94. The Morgan fingerprint density at radius 3 is 2.12 bits per heavy atom. The second kappa shape index (κ2) is 14.9. The van der Waals surface area contributed by atoms with Gasteiger partial charge in [-0.2, -0.15) is 11.8 Å². The summed E-state index contributed by atoms with van der Waals surface area (Å²) in [4.78, 5) is 60.1. The maximum absolute atomic E-state index is 12.8. The number of hydrogen-bond acceptors (Lipinski definition) is 7. The lowest BCUT2D eigenvalue weighted by Crippen LogP contribution is -2.56. The summed E-state index contributed by atoms with van der Waals surface area (Å²) in [7, 11) is 0. The molecule has 1 rings (SSSR count). The first kappa shape index (κ1) is 28.9. The number of aliphatic carboxylic acids is 1. The molecule has 0 bridgehead atoms. The van der Waals surface area contributed by atoms with Gasteiger partial charge in [0.15, 0.2) is 0 Å². The third kappa shape index (κ3) is 10.7. The molecule has 34 heavy (non-hydrogen) atoms. The van der Waals surface area contributed by atoms with Gasteiger partial charge in [-0.1, -0.05) is 30.3 Å². The molecule has 12 heteroatoms. The number of thioether (sulfide) groups is 1. The van der Waals surface area contributed by atoms with Crippen molar-refractivity contribution in [2.45, 2.75) is 56.8 Å². The van der Waals surface area contributed by atoms with Gasteiger partial charge in [-0.3, -0.25) is 19.2 Å². The van der Waals surface area contributed by atoms with Gasteiger partial charge in [0.1, 0.15) is 18.1 Å². The van der Waals surface area contributed by atoms with E-state index in [0.29, 0.717) is 5.75 Å². The molecule has 4 unspecified atom stereocenters. The number of carbonyl (C=O) groups excluding carboxylic acids is 4. The number of benzene rings is 1. The Bertz CT molecular complexity index is 853. The van der Waals surface area contributed by atoms with E-state index in [0.717, 1.165) is 5.56 Å². The highest BCUT2D eigenvalue weighted by Gasteiger charge is 2.28. The smallest absolute Gasteiger partial charge is 0.326 e. The molecule has 1 aromatic rings. The van der Waals surface area contributed by atoms with Crippen LogP contribution in [0.4, 0.5) is 0 Å². The monoisotopic (exact) mass is 495 g/mol. The molecule has 4 atom stereocenters. The average molecular weight is 496 g/mol. The number of carbonyl (C=O) groups is 5. The number of nitrogens with one attached hydrogen (secondary N) is 3. The lowest BCUT2D eigenvalue weighted by atomic mass is 10.1. The van der Waals surface area contributed by atoms with Crippen LogP contribution in [0.1, 0.15) is 31.7 Å². The Labute approximate surface area is 202 Å². The molecule has 0 radical (unpaired) electrons. The lowest BCUT2D eigenvalue weighted by Gasteiger charge is -2.23. The van der Waals surface area contributed by atoms with E-state index in [1.54, 1.807) is 30.3 Å². The summed E-state index contributed by atoms with van der Waals surface area (Å²) in [6, 6.07) is 4.64. The number of rotatable bonds is 15. The van der Waals surface area contributed by atoms with Gasteiger partial charge in [0, 0.05) is 12.8 Å². The van der Waals surface area contributed by atoms with Crippen LogP contribution in [0, 0.1) is 0 Å². The molecular formula is C22H33N5O6S. The van der Waals surface area contributed by atoms with E-state index >= 15 is 0 Å². The predicted octanol–water partition coefficient (Wildman–Crippen LogP) is -0.866. The van der Waals surface area contributed by atoms with Crippen LogP contribution in [0.25, 0.3) is 0 Å². The standard InChI is InChI=1S/C22H33N5O6S/c1-13(25-20(30)15(23)8-9-18(24)28)19(29)26-16(10-11-34-2)21(31)27-17(22(32)33)12-14-6-4-3-5-7-14/h3-7,13,15-17H,8-12,23H2,1-2H3,(H2,24,28)(H,25,30)(H,26,29)(H,27,31)(H,32,33). The minimum atomic E-state index is -1.20. The first-order valence-electron chi connectivity index (χ1n) is 10.8. The van der Waals surface area contributed by atoms with E-state index in [9.17, 15) is 29.1 Å². The van der Waals surface area contributed by atoms with Gasteiger partial charge in [-0.05, 0) is 37.3 Å². The van der Waals surface area contributed by atoms with Crippen molar-refractivity contribution in [3.05, 3.63) is 35.9 Å². The van der Waals surface area contributed by atoms with Gasteiger partial charge in [0.25, 0.3) is 0 Å². The summed E-state index contributed by atoms with van der Waals surface area (Å²) in [6.07, 6.45) is 2.14. The summed E-state index contributed by atoms with van der Waals surface area (Å²) in [5, 5.41) is 17.0. The maximum atomic E-state index is 12.8. The first-order valence-corrected chi connectivity index (χ1v) is 12.1. The van der Waals surface area contributed by atoms with Crippen molar-refractivity contribution in [1.29, 1.82) is 0 Å². The van der Waals surface area contributed by atoms with Crippen LogP contribution in [-0.4, -0.2) is 70.9 Å². The molecule has 4 amide bonds. The average Bonchev–Trinajstić information content (AvgIpc) is 2.79. The van der Waals surface area contributed by atoms with Crippen LogP contribution >= 0.6 is 11.8 Å². The number of carboxylic acid groups (broad SMARTS) is 1. The number of amides is 4. The van der Waals surface area contributed by atoms with Gasteiger partial charge < -0.3 is 32.5 Å². The van der Waals surface area contributed by atoms with E-state index in [2.05, 4.69) is 16.0 Å². The molecule has 0 spiro atoms. The molecule has 0 aliphatic heterocycles. The fourth-order valence-corrected chi connectivity index (χ4v) is 3.41. The number of nitrogens with two attached hydrogens (primary N) is 2. The van der Waals surface area contributed by atoms with E-state index in [1.807, 2.05) is 6.26 Å². The van der Waals surface area contributed by atoms with Crippen LogP contribution in [0.5, 0.6) is 0 Å². The Balaban J connectivity index is 2.77. The van der Waals surface area contributed by atoms with E-state index in [1.165, 1.54) is 18.7 Å². The van der Waals surface area contributed by atoms with E-state index < -0.39 is 53.8 Å². The van der Waals surface area contributed by atoms with Crippen molar-refractivity contribution in [2.75, 3.05) is 12.0 Å². The van der Waals surface area contributed by atoms with Crippen LogP contribution < -0.4 is 27.4 Å². The van der Waals surface area contributed by atoms with Gasteiger partial charge in [0.05, 0.1) is 6.04 Å². The molecule has 0 fully saturated rings. The number of primary amides is 1. The van der Waals surface area contributed by atoms with Crippen molar-refractivity contribution in [2.24, 2.45) is 11.5 Å². The zero-order valence-electron chi connectivity index (χ0n) is 19.3. The third-order valence-corrected chi connectivity index (χ3v) is 5.58. The first-order chi connectivity index (χ1) is 16.0. The topological polar surface area (TPSA) is 194 Å². The minimum absolute atomic E-state index is 0.0340. The summed E-state index contributed by atoms with van der Waals surface area (Å²) < 4.78 is 0. The highest BCUT2D eigenvalue weighted by Crippen LogP contribution is 2.06. The summed E-state index contributed by atoms with van der Waals surface area (Å²) in [5.41, 5.74) is 11.5. The Hall–Kier alpha value is -3.12. The fraction of sp³-hybridized carbons (Fsp3) is 0.500. The molecule has 0 aliphatic carbocycles. The van der Waals surface area contributed by atoms with Gasteiger partial charge in [-0.25, -0.2) is 4.79 Å². The molecule has 0 saturated heterocycles. The summed E-state index contributed by atoms with van der Waals surface area (Å²) in [5.74, 6) is -3.16. The van der Waals surface area contributed by atoms with Crippen LogP contribution in [0.2, 0.25) is 0 Å². The predicted molar refractivity (Wildman–Crippen MR) is 129 cm³/mol. The van der Waals surface area contributed by atoms with E-state index in [-0.39, 0.29) is 25.7 Å². The normalized spacial score (nSPS) is 14.2. The molecule has 0 saturated carbocycles. The van der Waals surface area contributed by atoms with Crippen molar-refractivity contribution in [1.82, 2.24) is 16.0 Å². The lowest BCUT2D eigenvalue weighted by molar-refractivity contribution is -0.142. The summed E-state index contributed by atoms with van der Waals surface area (Å²) in [6.45, 7) is 1.42. The highest BCUT2D eigenvalue weighted by atomic mass is 32.2. The Kier molecular flexibility index (Phi) is 12.7. The van der Waals surface area contributed by atoms with Crippen molar-refractivity contribution >= 4 is 41.4 Å². The Morgan fingerprint density at radius 1 is 0.941 bits per heavy atom. The molecule has 0 aliphatic rings. The van der Waals surface area contributed by atoms with Crippen LogP contribution in [0.15, 0.2) is 30.3 Å². The molecule has 188 valence electrons. The second-order valence-electron chi connectivity index (χ2n) is 7.77.